The van der Waals surface area contributed by atoms with Gasteiger partial charge in [0.1, 0.15) is 5.01 Å². The maximum atomic E-state index is 12.2. The summed E-state index contributed by atoms with van der Waals surface area (Å²) in [5, 5.41) is 10.3. The van der Waals surface area contributed by atoms with Crippen LogP contribution in [-0.4, -0.2) is 54.3 Å². The molecule has 8 heteroatoms. The summed E-state index contributed by atoms with van der Waals surface area (Å²) in [5.74, 6) is 0.387. The fraction of sp³-hybridized carbons (Fsp3) is 0.833. The van der Waals surface area contributed by atoms with Crippen LogP contribution in [-0.2, 0) is 10.0 Å². The van der Waals surface area contributed by atoms with Gasteiger partial charge in [-0.05, 0) is 12.8 Å². The van der Waals surface area contributed by atoms with E-state index in [2.05, 4.69) is 28.9 Å². The van der Waals surface area contributed by atoms with Crippen LogP contribution < -0.4 is 4.90 Å². The monoisotopic (exact) mass is 316 g/mol. The molecule has 1 saturated heterocycles. The van der Waals surface area contributed by atoms with Crippen LogP contribution in [0.4, 0.5) is 5.13 Å². The standard InChI is InChI=1S/C12H20N4O2S2/c1-9(2)11-13-14-12(19-11)15-5-7-16(8-6-15)20(17,18)10-3-4-10/h9-10H,3-8H2,1-2H3. The van der Waals surface area contributed by atoms with E-state index in [0.717, 1.165) is 23.0 Å². The van der Waals surface area contributed by atoms with E-state index in [0.29, 0.717) is 32.1 Å². The van der Waals surface area contributed by atoms with Crippen LogP contribution in [0.5, 0.6) is 0 Å². The van der Waals surface area contributed by atoms with Gasteiger partial charge in [0.15, 0.2) is 0 Å². The molecule has 0 amide bonds. The quantitative estimate of drug-likeness (QED) is 0.837. The number of nitrogens with zero attached hydrogens (tertiary/aromatic N) is 4. The largest absolute Gasteiger partial charge is 0.344 e. The SMILES string of the molecule is CC(C)c1nnc(N2CCN(S(=O)(=O)C3CC3)CC2)s1. The highest BCUT2D eigenvalue weighted by Crippen LogP contribution is 2.32. The summed E-state index contributed by atoms with van der Waals surface area (Å²) in [6, 6.07) is 0. The molecule has 0 bridgehead atoms. The zero-order valence-electron chi connectivity index (χ0n) is 11.8. The molecule has 112 valence electrons. The highest BCUT2D eigenvalue weighted by atomic mass is 32.2. The fourth-order valence-electron chi connectivity index (χ4n) is 2.30. The van der Waals surface area contributed by atoms with E-state index in [1.54, 1.807) is 15.6 Å². The number of aromatic nitrogens is 2. The van der Waals surface area contributed by atoms with Crippen LogP contribution in [0.1, 0.15) is 37.6 Å². The number of sulfonamides is 1. The molecule has 0 aromatic carbocycles. The smallest absolute Gasteiger partial charge is 0.217 e. The van der Waals surface area contributed by atoms with Crippen LogP contribution in [0.15, 0.2) is 0 Å². The summed E-state index contributed by atoms with van der Waals surface area (Å²) in [6.07, 6.45) is 1.66. The van der Waals surface area contributed by atoms with Crippen molar-refractivity contribution in [3.63, 3.8) is 0 Å². The first-order valence-electron chi connectivity index (χ1n) is 7.06. The predicted molar refractivity (Wildman–Crippen MR) is 79.7 cm³/mol. The lowest BCUT2D eigenvalue weighted by atomic mass is 10.2. The lowest BCUT2D eigenvalue weighted by Crippen LogP contribution is -2.49. The average molecular weight is 316 g/mol. The van der Waals surface area contributed by atoms with Gasteiger partial charge in [0, 0.05) is 32.1 Å². The van der Waals surface area contributed by atoms with Crippen LogP contribution in [0.2, 0.25) is 0 Å². The summed E-state index contributed by atoms with van der Waals surface area (Å²) in [5.41, 5.74) is 0. The zero-order chi connectivity index (χ0) is 14.3. The van der Waals surface area contributed by atoms with Gasteiger partial charge >= 0.3 is 0 Å². The van der Waals surface area contributed by atoms with Gasteiger partial charge in [-0.2, -0.15) is 4.31 Å². The Morgan fingerprint density at radius 2 is 1.80 bits per heavy atom. The molecule has 1 saturated carbocycles. The highest BCUT2D eigenvalue weighted by molar-refractivity contribution is 7.90. The lowest BCUT2D eigenvalue weighted by molar-refractivity contribution is 0.384. The molecule has 1 aromatic heterocycles. The predicted octanol–water partition coefficient (Wildman–Crippen LogP) is 1.28. The van der Waals surface area contributed by atoms with E-state index in [4.69, 9.17) is 0 Å². The Bertz CT molecular complexity index is 572. The molecule has 2 fully saturated rings. The first-order chi connectivity index (χ1) is 9.48. The van der Waals surface area contributed by atoms with Crippen LogP contribution in [0.3, 0.4) is 0 Å². The molecule has 0 spiro atoms. The van der Waals surface area contributed by atoms with Crippen LogP contribution in [0, 0.1) is 0 Å². The van der Waals surface area contributed by atoms with Crippen molar-refractivity contribution in [3.8, 4) is 0 Å². The van der Waals surface area contributed by atoms with Crippen molar-refractivity contribution in [2.75, 3.05) is 31.1 Å². The highest BCUT2D eigenvalue weighted by Gasteiger charge is 2.41. The third kappa shape index (κ3) is 2.68. The maximum Gasteiger partial charge on any atom is 0.217 e. The Morgan fingerprint density at radius 1 is 1.15 bits per heavy atom. The fourth-order valence-corrected chi connectivity index (χ4v) is 5.02. The summed E-state index contributed by atoms with van der Waals surface area (Å²) >= 11 is 1.61. The Hall–Kier alpha value is -0.730. The molecule has 1 aromatic rings. The van der Waals surface area contributed by atoms with Crippen molar-refractivity contribution in [3.05, 3.63) is 5.01 Å². The van der Waals surface area contributed by atoms with Gasteiger partial charge in [-0.3, -0.25) is 0 Å². The molecule has 20 heavy (non-hydrogen) atoms. The normalized spacial score (nSPS) is 21.6. The number of piperazine rings is 1. The Kier molecular flexibility index (Phi) is 3.72. The minimum Gasteiger partial charge on any atom is -0.344 e. The van der Waals surface area contributed by atoms with Gasteiger partial charge in [-0.1, -0.05) is 25.2 Å². The van der Waals surface area contributed by atoms with Crippen molar-refractivity contribution >= 4 is 26.5 Å². The molecule has 0 N–H and O–H groups in total. The van der Waals surface area contributed by atoms with Crippen molar-refractivity contribution in [1.82, 2.24) is 14.5 Å². The summed E-state index contributed by atoms with van der Waals surface area (Å²) in [7, 11) is -3.03. The van der Waals surface area contributed by atoms with Gasteiger partial charge in [-0.15, -0.1) is 10.2 Å². The Labute approximate surface area is 123 Å². The number of rotatable bonds is 4. The molecule has 0 unspecified atom stereocenters. The third-order valence-corrected chi connectivity index (χ3v) is 7.42. The van der Waals surface area contributed by atoms with E-state index >= 15 is 0 Å². The zero-order valence-corrected chi connectivity index (χ0v) is 13.5. The first-order valence-corrected chi connectivity index (χ1v) is 9.38. The van der Waals surface area contributed by atoms with Gasteiger partial charge in [0.25, 0.3) is 0 Å². The van der Waals surface area contributed by atoms with E-state index < -0.39 is 10.0 Å². The number of hydrogen-bond donors (Lipinski definition) is 0. The molecule has 1 aliphatic carbocycles. The van der Waals surface area contributed by atoms with Crippen molar-refractivity contribution < 1.29 is 8.42 Å². The Morgan fingerprint density at radius 3 is 2.30 bits per heavy atom. The molecule has 0 atom stereocenters. The molecule has 2 aliphatic rings. The lowest BCUT2D eigenvalue weighted by Gasteiger charge is -2.33. The molecule has 0 radical (unpaired) electrons. The third-order valence-electron chi connectivity index (χ3n) is 3.74. The van der Waals surface area contributed by atoms with Crippen LogP contribution >= 0.6 is 11.3 Å². The summed E-state index contributed by atoms with van der Waals surface area (Å²) in [4.78, 5) is 2.14. The van der Waals surface area contributed by atoms with Gasteiger partial charge in [-0.25, -0.2) is 8.42 Å². The van der Waals surface area contributed by atoms with Gasteiger partial charge < -0.3 is 4.90 Å². The maximum absolute atomic E-state index is 12.2. The molecule has 6 nitrogen and oxygen atoms in total. The second-order valence-electron chi connectivity index (χ2n) is 5.71. The van der Waals surface area contributed by atoms with Gasteiger partial charge in [0.05, 0.1) is 5.25 Å². The first kappa shape index (κ1) is 14.2. The number of anilines is 1. The average Bonchev–Trinajstić information content (AvgIpc) is 3.17. The van der Waals surface area contributed by atoms with Crippen molar-refractivity contribution in [1.29, 1.82) is 0 Å². The molecule has 3 rings (SSSR count). The molecule has 2 heterocycles. The van der Waals surface area contributed by atoms with E-state index in [-0.39, 0.29) is 5.25 Å². The topological polar surface area (TPSA) is 66.4 Å². The molecular weight excluding hydrogens is 296 g/mol. The van der Waals surface area contributed by atoms with Crippen molar-refractivity contribution in [2.24, 2.45) is 0 Å². The molecular formula is C12H20N4O2S2. The summed E-state index contributed by atoms with van der Waals surface area (Å²) in [6.45, 7) is 6.75. The molecule has 1 aliphatic heterocycles. The second kappa shape index (κ2) is 5.23. The number of hydrogen-bond acceptors (Lipinski definition) is 6. The summed E-state index contributed by atoms with van der Waals surface area (Å²) < 4.78 is 26.0. The van der Waals surface area contributed by atoms with Crippen molar-refractivity contribution in [2.45, 2.75) is 37.9 Å². The minimum atomic E-state index is -3.03. The van der Waals surface area contributed by atoms with E-state index in [1.165, 1.54) is 0 Å². The van der Waals surface area contributed by atoms with E-state index in [1.807, 2.05) is 0 Å². The Balaban J connectivity index is 1.63. The van der Waals surface area contributed by atoms with Crippen LogP contribution in [0.25, 0.3) is 0 Å². The van der Waals surface area contributed by atoms with Gasteiger partial charge in [0.2, 0.25) is 15.2 Å². The van der Waals surface area contributed by atoms with E-state index in [9.17, 15) is 8.42 Å². The minimum absolute atomic E-state index is 0.108. The second-order valence-corrected chi connectivity index (χ2v) is 8.91.